The summed E-state index contributed by atoms with van der Waals surface area (Å²) >= 11 is 0. The van der Waals surface area contributed by atoms with E-state index in [1.807, 2.05) is 12.3 Å². The summed E-state index contributed by atoms with van der Waals surface area (Å²) in [5.41, 5.74) is 3.73. The molecule has 0 spiro atoms. The molecule has 1 unspecified atom stereocenters. The molecule has 1 saturated carbocycles. The van der Waals surface area contributed by atoms with Crippen LogP contribution in [0, 0.1) is 0 Å². The van der Waals surface area contributed by atoms with Crippen LogP contribution in [0.2, 0.25) is 0 Å². The van der Waals surface area contributed by atoms with Gasteiger partial charge in [-0.1, -0.05) is 37.5 Å². The molecule has 0 N–H and O–H groups in total. The van der Waals surface area contributed by atoms with Crippen molar-refractivity contribution in [2.45, 2.75) is 50.6 Å². The minimum atomic E-state index is 0.0465. The number of hydrogen-bond acceptors (Lipinski definition) is 6. The Morgan fingerprint density at radius 2 is 1.94 bits per heavy atom. The van der Waals surface area contributed by atoms with Gasteiger partial charge >= 0.3 is 0 Å². The summed E-state index contributed by atoms with van der Waals surface area (Å²) in [7, 11) is 0. The Hall–Kier alpha value is -2.80. The van der Waals surface area contributed by atoms with E-state index in [0.29, 0.717) is 6.04 Å². The van der Waals surface area contributed by atoms with Crippen LogP contribution >= 0.6 is 0 Å². The van der Waals surface area contributed by atoms with Crippen molar-refractivity contribution in [3.8, 4) is 0 Å². The van der Waals surface area contributed by atoms with Crippen LogP contribution in [0.15, 0.2) is 48.3 Å². The summed E-state index contributed by atoms with van der Waals surface area (Å²) < 4.78 is 2.15. The predicted octanol–water partition coefficient (Wildman–Crippen LogP) is 3.72. The van der Waals surface area contributed by atoms with Crippen molar-refractivity contribution >= 4 is 10.9 Å². The Balaban J connectivity index is 1.43. The minimum absolute atomic E-state index is 0.0465. The fourth-order valence-corrected chi connectivity index (χ4v) is 5.59. The Morgan fingerprint density at radius 3 is 2.87 bits per heavy atom. The molecule has 3 aliphatic rings. The van der Waals surface area contributed by atoms with Crippen molar-refractivity contribution in [2.24, 2.45) is 0 Å². The molecule has 3 aromatic rings. The van der Waals surface area contributed by atoms with Gasteiger partial charge in [0.1, 0.15) is 0 Å². The largest absolute Gasteiger partial charge is 0.372 e. The van der Waals surface area contributed by atoms with E-state index in [2.05, 4.69) is 65.3 Å². The van der Waals surface area contributed by atoms with Crippen molar-refractivity contribution in [1.29, 1.82) is 0 Å². The molecule has 31 heavy (non-hydrogen) atoms. The summed E-state index contributed by atoms with van der Waals surface area (Å²) in [6, 6.07) is 11.2. The molecule has 1 saturated heterocycles. The summed E-state index contributed by atoms with van der Waals surface area (Å²) in [5.74, 6) is 0.988. The number of aromatic nitrogens is 5. The molecule has 4 heterocycles. The summed E-state index contributed by atoms with van der Waals surface area (Å²) in [5, 5.41) is 14.5. The fourth-order valence-electron chi connectivity index (χ4n) is 5.59. The molecule has 160 valence electrons. The van der Waals surface area contributed by atoms with Gasteiger partial charge in [-0.05, 0) is 53.5 Å². The smallest absolute Gasteiger partial charge is 0.173 e. The first-order chi connectivity index (χ1) is 15.4. The van der Waals surface area contributed by atoms with Gasteiger partial charge in [0.25, 0.3) is 0 Å². The average molecular weight is 416 g/mol. The number of tetrazole rings is 1. The molecule has 1 aliphatic carbocycles. The van der Waals surface area contributed by atoms with Crippen LogP contribution in [-0.4, -0.2) is 61.2 Å². The molecule has 2 aromatic heterocycles. The highest BCUT2D eigenvalue weighted by atomic mass is 15.6. The molecule has 1 atom stereocenters. The van der Waals surface area contributed by atoms with Gasteiger partial charge in [-0.25, -0.2) is 4.68 Å². The van der Waals surface area contributed by atoms with Crippen LogP contribution in [0.4, 0.5) is 0 Å². The van der Waals surface area contributed by atoms with Gasteiger partial charge in [-0.15, -0.1) is 5.10 Å². The minimum Gasteiger partial charge on any atom is -0.372 e. The lowest BCUT2D eigenvalue weighted by Crippen LogP contribution is -2.45. The lowest BCUT2D eigenvalue weighted by molar-refractivity contribution is 0.148. The van der Waals surface area contributed by atoms with E-state index >= 15 is 0 Å². The van der Waals surface area contributed by atoms with Crippen molar-refractivity contribution in [1.82, 2.24) is 35.0 Å². The Kier molecular flexibility index (Phi) is 4.91. The van der Waals surface area contributed by atoms with Crippen LogP contribution in [0.1, 0.15) is 62.0 Å². The second kappa shape index (κ2) is 8.04. The lowest BCUT2D eigenvalue weighted by atomic mass is 9.94. The molecule has 2 aliphatic heterocycles. The van der Waals surface area contributed by atoms with E-state index in [0.717, 1.165) is 43.9 Å². The third-order valence-electron chi connectivity index (χ3n) is 7.20. The Bertz CT molecular complexity index is 1100. The zero-order valence-electron chi connectivity index (χ0n) is 17.9. The Labute approximate surface area is 182 Å². The van der Waals surface area contributed by atoms with E-state index in [1.165, 1.54) is 48.8 Å². The van der Waals surface area contributed by atoms with Crippen LogP contribution in [0.3, 0.4) is 0 Å². The van der Waals surface area contributed by atoms with Gasteiger partial charge in [-0.3, -0.25) is 9.88 Å². The topological polar surface area (TPSA) is 63.0 Å². The zero-order valence-corrected chi connectivity index (χ0v) is 17.9. The molecular weight excluding hydrogens is 386 g/mol. The standard InChI is InChI=1S/C24H29N7/c1-2-7-20(8-3-1)31-24(26-27-28-31)23(30-15-14-29-13-5-9-21(29)17-30)19-10-11-22-18(16-19)6-4-12-25-22/h4,6,9-12,16,20,23H,1-3,5,7-8,13-15,17H2. The quantitative estimate of drug-likeness (QED) is 0.647. The maximum absolute atomic E-state index is 4.62. The van der Waals surface area contributed by atoms with Crippen LogP contribution in [0.25, 0.3) is 10.9 Å². The van der Waals surface area contributed by atoms with Gasteiger partial charge < -0.3 is 4.90 Å². The van der Waals surface area contributed by atoms with E-state index in [4.69, 9.17) is 0 Å². The molecule has 1 aromatic carbocycles. The maximum atomic E-state index is 4.62. The number of benzene rings is 1. The molecule has 7 nitrogen and oxygen atoms in total. The number of piperazine rings is 1. The SMILES string of the molecule is C1=C2CN(C(c3ccc4ncccc4c3)c3nnnn3C3CCCCC3)CCN2CC1. The van der Waals surface area contributed by atoms with Gasteiger partial charge in [0, 0.05) is 43.5 Å². The van der Waals surface area contributed by atoms with E-state index < -0.39 is 0 Å². The number of hydrogen-bond donors (Lipinski definition) is 0. The molecule has 2 fully saturated rings. The second-order valence-corrected chi connectivity index (χ2v) is 9.07. The van der Waals surface area contributed by atoms with Gasteiger partial charge in [-0.2, -0.15) is 0 Å². The highest BCUT2D eigenvalue weighted by Crippen LogP contribution is 2.36. The zero-order chi connectivity index (χ0) is 20.6. The highest BCUT2D eigenvalue weighted by Gasteiger charge is 2.34. The van der Waals surface area contributed by atoms with Gasteiger partial charge in [0.2, 0.25) is 0 Å². The monoisotopic (exact) mass is 415 g/mol. The third kappa shape index (κ3) is 3.51. The number of rotatable bonds is 4. The lowest BCUT2D eigenvalue weighted by Gasteiger charge is -2.40. The molecule has 7 heteroatoms. The maximum Gasteiger partial charge on any atom is 0.173 e. The molecule has 0 amide bonds. The Morgan fingerprint density at radius 1 is 1.00 bits per heavy atom. The van der Waals surface area contributed by atoms with Crippen molar-refractivity contribution in [3.63, 3.8) is 0 Å². The highest BCUT2D eigenvalue weighted by molar-refractivity contribution is 5.79. The van der Waals surface area contributed by atoms with E-state index in [1.54, 1.807) is 0 Å². The van der Waals surface area contributed by atoms with Crippen LogP contribution < -0.4 is 0 Å². The summed E-state index contributed by atoms with van der Waals surface area (Å²) in [6.45, 7) is 4.20. The van der Waals surface area contributed by atoms with Gasteiger partial charge in [0.05, 0.1) is 17.6 Å². The average Bonchev–Trinajstić information content (AvgIpc) is 3.49. The summed E-state index contributed by atoms with van der Waals surface area (Å²) in [6.07, 6.45) is 11.6. The normalized spacial score (nSPS) is 21.3. The fraction of sp³-hybridized carbons (Fsp3) is 0.500. The number of nitrogens with zero attached hydrogens (tertiary/aromatic N) is 7. The van der Waals surface area contributed by atoms with Crippen molar-refractivity contribution in [2.75, 3.05) is 26.2 Å². The number of pyridine rings is 1. The second-order valence-electron chi connectivity index (χ2n) is 9.07. The summed E-state index contributed by atoms with van der Waals surface area (Å²) in [4.78, 5) is 9.61. The van der Waals surface area contributed by atoms with Crippen molar-refractivity contribution in [3.05, 3.63) is 59.7 Å². The molecular formula is C24H29N7. The third-order valence-corrected chi connectivity index (χ3v) is 7.20. The van der Waals surface area contributed by atoms with E-state index in [-0.39, 0.29) is 6.04 Å². The predicted molar refractivity (Wildman–Crippen MR) is 119 cm³/mol. The first kappa shape index (κ1) is 18.9. The molecule has 0 bridgehead atoms. The first-order valence-electron chi connectivity index (χ1n) is 11.7. The van der Waals surface area contributed by atoms with Gasteiger partial charge in [0.15, 0.2) is 5.82 Å². The van der Waals surface area contributed by atoms with Crippen LogP contribution in [-0.2, 0) is 0 Å². The first-order valence-corrected chi connectivity index (χ1v) is 11.7. The van der Waals surface area contributed by atoms with Crippen molar-refractivity contribution < 1.29 is 0 Å². The number of fused-ring (bicyclic) bond motifs is 2. The molecule has 6 rings (SSSR count). The molecule has 0 radical (unpaired) electrons. The van der Waals surface area contributed by atoms with Crippen LogP contribution in [0.5, 0.6) is 0 Å². The van der Waals surface area contributed by atoms with E-state index in [9.17, 15) is 0 Å².